The van der Waals surface area contributed by atoms with Crippen LogP contribution in [0.25, 0.3) is 0 Å². The van der Waals surface area contributed by atoms with Gasteiger partial charge in [-0.1, -0.05) is 24.3 Å². The second kappa shape index (κ2) is 6.17. The van der Waals surface area contributed by atoms with Gasteiger partial charge < -0.3 is 10.1 Å². The summed E-state index contributed by atoms with van der Waals surface area (Å²) in [5, 5.41) is 2.62. The average molecular weight is 287 g/mol. The van der Waals surface area contributed by atoms with Crippen LogP contribution in [0.4, 0.5) is 10.1 Å². The van der Waals surface area contributed by atoms with Crippen LogP contribution in [0.3, 0.4) is 0 Å². The molecule has 0 spiro atoms. The van der Waals surface area contributed by atoms with Crippen molar-refractivity contribution in [3.63, 3.8) is 0 Å². The second-order valence-electron chi connectivity index (χ2n) is 4.43. The molecule has 1 amide bonds. The molecule has 0 unspecified atom stereocenters. The summed E-state index contributed by atoms with van der Waals surface area (Å²) < 4.78 is 18.7. The smallest absolute Gasteiger partial charge is 0.340 e. The van der Waals surface area contributed by atoms with Crippen LogP contribution in [0.5, 0.6) is 0 Å². The first-order chi connectivity index (χ1) is 10.0. The molecule has 1 N–H and O–H groups in total. The highest BCUT2D eigenvalue weighted by atomic mass is 19.1. The number of para-hydroxylation sites is 1. The number of methoxy groups -OCH3 is 1. The van der Waals surface area contributed by atoms with E-state index < -0.39 is 17.7 Å². The normalized spacial score (nSPS) is 10.0. The maximum atomic E-state index is 14.2. The van der Waals surface area contributed by atoms with Gasteiger partial charge in [0, 0.05) is 5.69 Å². The molecule has 0 saturated carbocycles. The first-order valence-electron chi connectivity index (χ1n) is 6.28. The van der Waals surface area contributed by atoms with Crippen molar-refractivity contribution < 1.29 is 18.7 Å². The van der Waals surface area contributed by atoms with Crippen molar-refractivity contribution in [1.29, 1.82) is 0 Å². The molecule has 0 saturated heterocycles. The third-order valence-electron chi connectivity index (χ3n) is 3.04. The molecular formula is C16H14FNO3. The van der Waals surface area contributed by atoms with Crippen LogP contribution in [-0.4, -0.2) is 19.0 Å². The van der Waals surface area contributed by atoms with E-state index in [1.807, 2.05) is 19.1 Å². The van der Waals surface area contributed by atoms with E-state index in [1.165, 1.54) is 18.2 Å². The van der Waals surface area contributed by atoms with Crippen molar-refractivity contribution in [2.24, 2.45) is 0 Å². The van der Waals surface area contributed by atoms with E-state index in [2.05, 4.69) is 10.1 Å². The number of halogens is 1. The van der Waals surface area contributed by atoms with Crippen molar-refractivity contribution in [3.8, 4) is 0 Å². The van der Waals surface area contributed by atoms with E-state index in [-0.39, 0.29) is 11.1 Å². The zero-order valence-corrected chi connectivity index (χ0v) is 11.6. The number of carbonyl (C=O) groups is 2. The molecular weight excluding hydrogens is 273 g/mol. The number of carbonyl (C=O) groups excluding carboxylic acids is 2. The molecule has 5 heteroatoms. The average Bonchev–Trinajstić information content (AvgIpc) is 2.49. The summed E-state index contributed by atoms with van der Waals surface area (Å²) in [6, 6.07) is 11.2. The highest BCUT2D eigenvalue weighted by Crippen LogP contribution is 2.18. The van der Waals surface area contributed by atoms with Crippen molar-refractivity contribution in [2.45, 2.75) is 6.92 Å². The van der Waals surface area contributed by atoms with Crippen LogP contribution in [-0.2, 0) is 4.74 Å². The van der Waals surface area contributed by atoms with Gasteiger partial charge in [0.15, 0.2) is 0 Å². The van der Waals surface area contributed by atoms with Crippen LogP contribution in [0.2, 0.25) is 0 Å². The topological polar surface area (TPSA) is 55.4 Å². The number of anilines is 1. The summed E-state index contributed by atoms with van der Waals surface area (Å²) in [6.45, 7) is 1.83. The molecule has 0 radical (unpaired) electrons. The van der Waals surface area contributed by atoms with Gasteiger partial charge in [-0.25, -0.2) is 9.18 Å². The minimum absolute atomic E-state index is 0.207. The molecule has 0 fully saturated rings. The summed E-state index contributed by atoms with van der Waals surface area (Å²) in [5.74, 6) is -2.33. The van der Waals surface area contributed by atoms with Crippen molar-refractivity contribution >= 4 is 17.6 Å². The Kier molecular flexibility index (Phi) is 4.33. The van der Waals surface area contributed by atoms with Gasteiger partial charge in [0.25, 0.3) is 5.91 Å². The maximum absolute atomic E-state index is 14.2. The number of hydrogen-bond acceptors (Lipinski definition) is 3. The number of hydrogen-bond donors (Lipinski definition) is 1. The SMILES string of the molecule is COC(=O)c1cccc(C(=O)Nc2ccccc2C)c1F. The zero-order chi connectivity index (χ0) is 15.4. The van der Waals surface area contributed by atoms with Crippen LogP contribution in [0, 0.1) is 12.7 Å². The Morgan fingerprint density at radius 1 is 1.05 bits per heavy atom. The van der Waals surface area contributed by atoms with Gasteiger partial charge in [-0.2, -0.15) is 0 Å². The Balaban J connectivity index is 2.32. The molecule has 2 aromatic carbocycles. The van der Waals surface area contributed by atoms with Crippen LogP contribution in [0.1, 0.15) is 26.3 Å². The van der Waals surface area contributed by atoms with Gasteiger partial charge in [-0.05, 0) is 30.7 Å². The Bertz CT molecular complexity index is 698. The van der Waals surface area contributed by atoms with Crippen molar-refractivity contribution in [1.82, 2.24) is 0 Å². The summed E-state index contributed by atoms with van der Waals surface area (Å²) in [6.07, 6.45) is 0. The van der Waals surface area contributed by atoms with Gasteiger partial charge in [0.05, 0.1) is 18.2 Å². The minimum atomic E-state index is -0.893. The Hall–Kier alpha value is -2.69. The molecule has 0 heterocycles. The summed E-state index contributed by atoms with van der Waals surface area (Å²) in [7, 11) is 1.15. The molecule has 0 aromatic heterocycles. The molecule has 0 atom stereocenters. The lowest BCUT2D eigenvalue weighted by atomic mass is 10.1. The Labute approximate surface area is 121 Å². The van der Waals surface area contributed by atoms with Crippen molar-refractivity contribution in [3.05, 3.63) is 65.0 Å². The molecule has 2 rings (SSSR count). The lowest BCUT2D eigenvalue weighted by Gasteiger charge is -2.10. The number of esters is 1. The van der Waals surface area contributed by atoms with Crippen LogP contribution >= 0.6 is 0 Å². The molecule has 0 aliphatic heterocycles. The molecule has 0 bridgehead atoms. The summed E-state index contributed by atoms with van der Waals surface area (Å²) in [4.78, 5) is 23.6. The number of benzene rings is 2. The quantitative estimate of drug-likeness (QED) is 0.882. The molecule has 108 valence electrons. The zero-order valence-electron chi connectivity index (χ0n) is 11.6. The van der Waals surface area contributed by atoms with Gasteiger partial charge in [-0.15, -0.1) is 0 Å². The Morgan fingerprint density at radius 2 is 1.71 bits per heavy atom. The van der Waals surface area contributed by atoms with Crippen LogP contribution < -0.4 is 5.32 Å². The van der Waals surface area contributed by atoms with Crippen molar-refractivity contribution in [2.75, 3.05) is 12.4 Å². The number of amides is 1. The molecule has 0 aliphatic carbocycles. The second-order valence-corrected chi connectivity index (χ2v) is 4.43. The number of nitrogens with one attached hydrogen (secondary N) is 1. The fraction of sp³-hybridized carbons (Fsp3) is 0.125. The predicted octanol–water partition coefficient (Wildman–Crippen LogP) is 3.17. The Morgan fingerprint density at radius 3 is 2.38 bits per heavy atom. The molecule has 4 nitrogen and oxygen atoms in total. The third kappa shape index (κ3) is 3.08. The summed E-state index contributed by atoms with van der Waals surface area (Å²) >= 11 is 0. The molecule has 0 aliphatic rings. The van der Waals surface area contributed by atoms with E-state index in [1.54, 1.807) is 12.1 Å². The van der Waals surface area contributed by atoms with Gasteiger partial charge in [0.2, 0.25) is 0 Å². The first kappa shape index (κ1) is 14.7. The molecule has 2 aromatic rings. The van der Waals surface area contributed by atoms with Gasteiger partial charge in [-0.3, -0.25) is 4.79 Å². The van der Waals surface area contributed by atoms with E-state index in [9.17, 15) is 14.0 Å². The van der Waals surface area contributed by atoms with Crippen LogP contribution in [0.15, 0.2) is 42.5 Å². The number of rotatable bonds is 3. The van der Waals surface area contributed by atoms with Gasteiger partial charge in [0.1, 0.15) is 5.82 Å². The predicted molar refractivity (Wildman–Crippen MR) is 76.9 cm³/mol. The minimum Gasteiger partial charge on any atom is -0.465 e. The summed E-state index contributed by atoms with van der Waals surface area (Å²) in [5.41, 5.74) is 0.969. The van der Waals surface area contributed by atoms with E-state index in [0.29, 0.717) is 5.69 Å². The lowest BCUT2D eigenvalue weighted by molar-refractivity contribution is 0.0595. The van der Waals surface area contributed by atoms with E-state index in [0.717, 1.165) is 12.7 Å². The highest BCUT2D eigenvalue weighted by molar-refractivity contribution is 6.06. The monoisotopic (exact) mass is 287 g/mol. The fourth-order valence-corrected chi connectivity index (χ4v) is 1.88. The molecule has 21 heavy (non-hydrogen) atoms. The fourth-order valence-electron chi connectivity index (χ4n) is 1.88. The van der Waals surface area contributed by atoms with Gasteiger partial charge >= 0.3 is 5.97 Å². The largest absolute Gasteiger partial charge is 0.465 e. The lowest BCUT2D eigenvalue weighted by Crippen LogP contribution is -2.17. The third-order valence-corrected chi connectivity index (χ3v) is 3.04. The number of aryl methyl sites for hydroxylation is 1. The highest BCUT2D eigenvalue weighted by Gasteiger charge is 2.19. The maximum Gasteiger partial charge on any atom is 0.340 e. The number of ether oxygens (including phenoxy) is 1. The first-order valence-corrected chi connectivity index (χ1v) is 6.28. The standard InChI is InChI=1S/C16H14FNO3/c1-10-6-3-4-9-13(10)18-15(19)11-7-5-8-12(14(11)17)16(20)21-2/h3-9H,1-2H3,(H,18,19). The van der Waals surface area contributed by atoms with E-state index >= 15 is 0 Å². The van der Waals surface area contributed by atoms with E-state index in [4.69, 9.17) is 0 Å².